The monoisotopic (exact) mass is 370 g/mol. The molecule has 0 aliphatic carbocycles. The van der Waals surface area contributed by atoms with E-state index >= 15 is 0 Å². The minimum absolute atomic E-state index is 0.920. The Hall–Kier alpha value is -0.160. The van der Waals surface area contributed by atoms with Crippen LogP contribution in [0.4, 0.5) is 0 Å². The van der Waals surface area contributed by atoms with Crippen molar-refractivity contribution in [1.82, 2.24) is 21.3 Å². The molecule has 158 valence electrons. The van der Waals surface area contributed by atoms with Gasteiger partial charge in [0.25, 0.3) is 0 Å². The highest BCUT2D eigenvalue weighted by Crippen LogP contribution is 2.11. The zero-order chi connectivity index (χ0) is 19.0. The minimum atomic E-state index is 0.920. The third-order valence-corrected chi connectivity index (χ3v) is 4.87. The summed E-state index contributed by atoms with van der Waals surface area (Å²) in [6.45, 7) is 12.0. The van der Waals surface area contributed by atoms with Gasteiger partial charge in [-0.15, -0.1) is 0 Å². The fourth-order valence-corrected chi connectivity index (χ4v) is 3.12. The van der Waals surface area contributed by atoms with Crippen LogP contribution in [0.25, 0.3) is 0 Å². The van der Waals surface area contributed by atoms with E-state index in [9.17, 15) is 0 Å². The molecule has 0 aromatic heterocycles. The van der Waals surface area contributed by atoms with E-state index < -0.39 is 0 Å². The zero-order valence-corrected chi connectivity index (χ0v) is 18.1. The van der Waals surface area contributed by atoms with Crippen molar-refractivity contribution >= 4 is 0 Å². The molecule has 1 fully saturated rings. The molecule has 4 nitrogen and oxygen atoms in total. The van der Waals surface area contributed by atoms with Crippen LogP contribution in [0.2, 0.25) is 0 Å². The first-order valence-corrected chi connectivity index (χ1v) is 11.7. The highest BCUT2D eigenvalue weighted by molar-refractivity contribution is 4.57. The smallest absolute Gasteiger partial charge is 0.0455 e. The molecule has 4 N–H and O–H groups in total. The second-order valence-electron chi connectivity index (χ2n) is 7.57. The first-order chi connectivity index (χ1) is 12.9. The van der Waals surface area contributed by atoms with Gasteiger partial charge in [0, 0.05) is 32.8 Å². The van der Waals surface area contributed by atoms with E-state index in [1.165, 1.54) is 83.5 Å². The van der Waals surface area contributed by atoms with Crippen molar-refractivity contribution < 1.29 is 0 Å². The van der Waals surface area contributed by atoms with E-state index in [2.05, 4.69) is 35.1 Å². The number of rotatable bonds is 11. The van der Waals surface area contributed by atoms with E-state index in [1.807, 2.05) is 0 Å². The van der Waals surface area contributed by atoms with Gasteiger partial charge in [0.2, 0.25) is 0 Å². The number of hydrogen-bond donors (Lipinski definition) is 4. The fraction of sp³-hybridized carbons (Fsp3) is 1.00. The van der Waals surface area contributed by atoms with Gasteiger partial charge in [-0.3, -0.25) is 0 Å². The highest BCUT2D eigenvalue weighted by atomic mass is 15.1. The fourth-order valence-electron chi connectivity index (χ4n) is 3.12. The van der Waals surface area contributed by atoms with Gasteiger partial charge >= 0.3 is 0 Å². The van der Waals surface area contributed by atoms with Gasteiger partial charge < -0.3 is 21.3 Å². The minimum Gasteiger partial charge on any atom is -0.315 e. The number of unbranched alkanes of at least 4 members (excludes halogenated alkanes) is 11. The van der Waals surface area contributed by atoms with Gasteiger partial charge in [0.15, 0.2) is 0 Å². The Morgan fingerprint density at radius 1 is 0.423 bits per heavy atom. The Kier molecular flexibility index (Phi) is 24.7. The summed E-state index contributed by atoms with van der Waals surface area (Å²) < 4.78 is 0. The van der Waals surface area contributed by atoms with Crippen molar-refractivity contribution in [3.63, 3.8) is 0 Å². The maximum Gasteiger partial charge on any atom is 0.0455 e. The molecule has 0 bridgehead atoms. The quantitative estimate of drug-likeness (QED) is 0.407. The van der Waals surface area contributed by atoms with Gasteiger partial charge in [-0.05, 0) is 19.5 Å². The summed E-state index contributed by atoms with van der Waals surface area (Å²) >= 11 is 0. The van der Waals surface area contributed by atoms with Gasteiger partial charge in [-0.25, -0.2) is 0 Å². The molecule has 0 aromatic carbocycles. The van der Waals surface area contributed by atoms with Crippen molar-refractivity contribution in [2.45, 2.75) is 97.3 Å². The van der Waals surface area contributed by atoms with E-state index in [0.717, 1.165) is 45.9 Å². The van der Waals surface area contributed by atoms with Crippen molar-refractivity contribution in [2.24, 2.45) is 0 Å². The molecular weight excluding hydrogens is 320 g/mol. The van der Waals surface area contributed by atoms with Crippen LogP contribution < -0.4 is 21.3 Å². The van der Waals surface area contributed by atoms with E-state index in [4.69, 9.17) is 0 Å². The van der Waals surface area contributed by atoms with Crippen LogP contribution in [0.3, 0.4) is 0 Å². The molecule has 1 aliphatic heterocycles. The topological polar surface area (TPSA) is 48.1 Å². The summed E-state index contributed by atoms with van der Waals surface area (Å²) in [6.07, 6.45) is 18.7. The average molecular weight is 371 g/mol. The second-order valence-corrected chi connectivity index (χ2v) is 7.57. The molecule has 26 heavy (non-hydrogen) atoms. The molecule has 0 saturated carbocycles. The summed E-state index contributed by atoms with van der Waals surface area (Å²) in [6, 6.07) is 0. The summed E-state index contributed by atoms with van der Waals surface area (Å²) in [7, 11) is 0. The van der Waals surface area contributed by atoms with Crippen LogP contribution in [-0.4, -0.2) is 45.9 Å². The predicted molar refractivity (Wildman–Crippen MR) is 118 cm³/mol. The summed E-state index contributed by atoms with van der Waals surface area (Å²) in [4.78, 5) is 0. The Bertz CT molecular complexity index is 181. The van der Waals surface area contributed by atoms with Crippen LogP contribution in [-0.2, 0) is 0 Å². The van der Waals surface area contributed by atoms with Gasteiger partial charge in [-0.1, -0.05) is 90.9 Å². The van der Waals surface area contributed by atoms with Gasteiger partial charge in [0.05, 0.1) is 0 Å². The molecule has 0 aromatic rings. The molecule has 1 rings (SSSR count). The predicted octanol–water partition coefficient (Wildman–Crippen LogP) is 4.41. The van der Waals surface area contributed by atoms with E-state index in [-0.39, 0.29) is 0 Å². The number of hydrogen-bond acceptors (Lipinski definition) is 4. The molecular formula is C22H50N4. The second kappa shape index (κ2) is 24.8. The average Bonchev–Trinajstić information content (AvgIpc) is 2.64. The molecule has 0 spiro atoms. The Labute approximate surface area is 165 Å². The van der Waals surface area contributed by atoms with Crippen molar-refractivity contribution in [2.75, 3.05) is 45.9 Å². The molecule has 0 radical (unpaired) electrons. The largest absolute Gasteiger partial charge is 0.315 e. The SMILES string of the molecule is C1CNCCNCNCCNC1.CCCCCCCCCCCCCC. The summed E-state index contributed by atoms with van der Waals surface area (Å²) in [5.74, 6) is 0. The highest BCUT2D eigenvalue weighted by Gasteiger charge is 1.93. The van der Waals surface area contributed by atoms with Crippen molar-refractivity contribution in [1.29, 1.82) is 0 Å². The molecule has 4 heteroatoms. The van der Waals surface area contributed by atoms with Crippen molar-refractivity contribution in [3.8, 4) is 0 Å². The number of nitrogens with one attached hydrogen (secondary N) is 4. The van der Waals surface area contributed by atoms with Crippen LogP contribution in [0.15, 0.2) is 0 Å². The summed E-state index contributed by atoms with van der Waals surface area (Å²) in [5.41, 5.74) is 0. The molecule has 0 atom stereocenters. The lowest BCUT2D eigenvalue weighted by atomic mass is 10.1. The maximum atomic E-state index is 3.37. The molecule has 0 unspecified atom stereocenters. The van der Waals surface area contributed by atoms with E-state index in [0.29, 0.717) is 0 Å². The van der Waals surface area contributed by atoms with Crippen LogP contribution in [0, 0.1) is 0 Å². The zero-order valence-electron chi connectivity index (χ0n) is 18.1. The Balaban J connectivity index is 0.000000485. The van der Waals surface area contributed by atoms with Crippen molar-refractivity contribution in [3.05, 3.63) is 0 Å². The van der Waals surface area contributed by atoms with Crippen LogP contribution in [0.1, 0.15) is 97.3 Å². The Morgan fingerprint density at radius 3 is 1.15 bits per heavy atom. The van der Waals surface area contributed by atoms with Gasteiger partial charge in [0.1, 0.15) is 0 Å². The standard InChI is InChI=1S/C14H30.C8H20N4/c1-3-5-7-9-11-13-14-12-10-8-6-4-2;1-2-9-4-6-11-8-12-7-5-10-3-1/h3-14H2,1-2H3;9-12H,1-8H2. The lowest BCUT2D eigenvalue weighted by Crippen LogP contribution is -2.39. The van der Waals surface area contributed by atoms with E-state index in [1.54, 1.807) is 0 Å². The third kappa shape index (κ3) is 23.8. The molecule has 1 heterocycles. The maximum absolute atomic E-state index is 3.37. The molecule has 0 amide bonds. The van der Waals surface area contributed by atoms with Crippen LogP contribution >= 0.6 is 0 Å². The third-order valence-electron chi connectivity index (χ3n) is 4.87. The normalized spacial score (nSPS) is 16.8. The molecule has 1 aliphatic rings. The van der Waals surface area contributed by atoms with Crippen LogP contribution in [0.5, 0.6) is 0 Å². The van der Waals surface area contributed by atoms with Gasteiger partial charge in [-0.2, -0.15) is 0 Å². The first kappa shape index (κ1) is 25.8. The molecule has 1 saturated heterocycles. The lowest BCUT2D eigenvalue weighted by molar-refractivity contribution is 0.513. The first-order valence-electron chi connectivity index (χ1n) is 11.7. The summed E-state index contributed by atoms with van der Waals surface area (Å²) in [5, 5.41) is 13.3. The Morgan fingerprint density at radius 2 is 0.769 bits per heavy atom. The lowest BCUT2D eigenvalue weighted by Gasteiger charge is -2.11.